The van der Waals surface area contributed by atoms with Gasteiger partial charge < -0.3 is 35.2 Å². The smallest absolute Gasteiger partial charge is 0.243 e. The number of ketones is 1. The maximum absolute atomic E-state index is 13.8. The fourth-order valence-electron chi connectivity index (χ4n) is 5.91. The van der Waals surface area contributed by atoms with E-state index >= 15 is 0 Å². The molecule has 5 atom stereocenters. The Labute approximate surface area is 245 Å². The second-order valence-corrected chi connectivity index (χ2v) is 12.1. The molecule has 11 nitrogen and oxygen atoms in total. The molecule has 1 aliphatic carbocycles. The summed E-state index contributed by atoms with van der Waals surface area (Å²) in [6.45, 7) is 5.52. The van der Waals surface area contributed by atoms with Gasteiger partial charge in [-0.2, -0.15) is 0 Å². The zero-order chi connectivity index (χ0) is 29.7. The number of benzene rings is 1. The molecule has 0 spiro atoms. The fraction of sp³-hybridized carbons (Fsp3) is 0.613. The Morgan fingerprint density at radius 3 is 2.52 bits per heavy atom. The van der Waals surface area contributed by atoms with Gasteiger partial charge in [-0.05, 0) is 49.9 Å². The standard InChI is InChI=1S/C31H42N4O7/c1-19(33-27(36)16-23-17-32-10-12-40-23)29(38)35-25(15-21-7-8-26-22(13-21)9-11-41-26)30(39)34-24(14-20-5-3-4-6-20)28(37)31(2)18-42-31/h7-9,11,13,19-20,23-25,32H,3-6,10,12,14-18H2,1-2H3,(H,33,36)(H,34,39)(H,35,38)/t19-,23?,24-,25-,31+/m0/s1. The average molecular weight is 583 g/mol. The summed E-state index contributed by atoms with van der Waals surface area (Å²) in [6.07, 6.45) is 6.52. The minimum atomic E-state index is -0.973. The Kier molecular flexibility index (Phi) is 9.60. The minimum Gasteiger partial charge on any atom is -0.464 e. The van der Waals surface area contributed by atoms with Gasteiger partial charge in [0.2, 0.25) is 17.7 Å². The molecule has 5 rings (SSSR count). The van der Waals surface area contributed by atoms with Crippen LogP contribution in [0.2, 0.25) is 0 Å². The van der Waals surface area contributed by atoms with Gasteiger partial charge in [-0.3, -0.25) is 19.2 Å². The first-order valence-electron chi connectivity index (χ1n) is 15.1. The number of furan rings is 1. The van der Waals surface area contributed by atoms with E-state index in [1.165, 1.54) is 0 Å². The highest BCUT2D eigenvalue weighted by atomic mass is 16.6. The molecule has 1 saturated carbocycles. The van der Waals surface area contributed by atoms with E-state index in [0.29, 0.717) is 32.1 Å². The molecule has 42 heavy (non-hydrogen) atoms. The second-order valence-electron chi connectivity index (χ2n) is 12.1. The normalized spacial score (nSPS) is 24.5. The summed E-state index contributed by atoms with van der Waals surface area (Å²) in [5, 5.41) is 12.6. The molecule has 3 heterocycles. The van der Waals surface area contributed by atoms with Crippen LogP contribution in [0.1, 0.15) is 57.9 Å². The Bertz CT molecular complexity index is 1280. The molecule has 11 heteroatoms. The van der Waals surface area contributed by atoms with Crippen LogP contribution in [0.5, 0.6) is 0 Å². The van der Waals surface area contributed by atoms with Crippen molar-refractivity contribution in [1.82, 2.24) is 21.3 Å². The topological polar surface area (TPSA) is 151 Å². The number of Topliss-reactive ketones (excluding diaryl/α,β-unsaturated/α-hetero) is 1. The number of morpholine rings is 1. The van der Waals surface area contributed by atoms with Crippen molar-refractivity contribution in [2.45, 2.75) is 88.6 Å². The average Bonchev–Trinajstić information content (AvgIpc) is 3.32. The highest BCUT2D eigenvalue weighted by Gasteiger charge is 2.50. The van der Waals surface area contributed by atoms with Gasteiger partial charge in [0.05, 0.1) is 38.0 Å². The summed E-state index contributed by atoms with van der Waals surface area (Å²) >= 11 is 0. The summed E-state index contributed by atoms with van der Waals surface area (Å²) in [4.78, 5) is 53.0. The molecule has 0 bridgehead atoms. The largest absolute Gasteiger partial charge is 0.464 e. The number of epoxide rings is 1. The SMILES string of the molecule is C[C@H](NC(=O)CC1CNCCO1)C(=O)N[C@@H](Cc1ccc2occc2c1)C(=O)N[C@@H](CC1CCCC1)C(=O)[C@@]1(C)CO1. The summed E-state index contributed by atoms with van der Waals surface area (Å²) in [6, 6.07) is 4.86. The van der Waals surface area contributed by atoms with Crippen LogP contribution in [0.3, 0.4) is 0 Å². The number of carbonyl (C=O) groups excluding carboxylic acids is 4. The Morgan fingerprint density at radius 1 is 1.05 bits per heavy atom. The molecule has 4 N–H and O–H groups in total. The second kappa shape index (κ2) is 13.4. The summed E-state index contributed by atoms with van der Waals surface area (Å²) in [7, 11) is 0. The fourth-order valence-corrected chi connectivity index (χ4v) is 5.91. The van der Waals surface area contributed by atoms with Crippen LogP contribution >= 0.6 is 0 Å². The first kappa shape index (κ1) is 30.2. The lowest BCUT2D eigenvalue weighted by Gasteiger charge is -2.27. The molecule has 3 fully saturated rings. The van der Waals surface area contributed by atoms with E-state index in [2.05, 4.69) is 21.3 Å². The predicted molar refractivity (Wildman–Crippen MR) is 155 cm³/mol. The number of ether oxygens (including phenoxy) is 2. The van der Waals surface area contributed by atoms with Gasteiger partial charge in [-0.25, -0.2) is 0 Å². The molecule has 3 aliphatic rings. The third kappa shape index (κ3) is 7.76. The van der Waals surface area contributed by atoms with Gasteiger partial charge in [0.25, 0.3) is 0 Å². The maximum Gasteiger partial charge on any atom is 0.243 e. The molecule has 1 aromatic carbocycles. The van der Waals surface area contributed by atoms with Crippen molar-refractivity contribution in [2.75, 3.05) is 26.3 Å². The predicted octanol–water partition coefficient (Wildman–Crippen LogP) is 1.77. The molecule has 2 saturated heterocycles. The van der Waals surface area contributed by atoms with E-state index in [0.717, 1.165) is 48.8 Å². The van der Waals surface area contributed by atoms with Crippen LogP contribution in [0.15, 0.2) is 34.9 Å². The summed E-state index contributed by atoms with van der Waals surface area (Å²) in [5.41, 5.74) is 0.661. The first-order valence-corrected chi connectivity index (χ1v) is 15.1. The van der Waals surface area contributed by atoms with Crippen molar-refractivity contribution in [1.29, 1.82) is 0 Å². The van der Waals surface area contributed by atoms with Crippen LogP contribution < -0.4 is 21.3 Å². The van der Waals surface area contributed by atoms with Crippen molar-refractivity contribution in [3.8, 4) is 0 Å². The van der Waals surface area contributed by atoms with Crippen molar-refractivity contribution in [3.63, 3.8) is 0 Å². The van der Waals surface area contributed by atoms with Crippen LogP contribution in [-0.4, -0.2) is 79.6 Å². The highest BCUT2D eigenvalue weighted by Crippen LogP contribution is 2.33. The molecule has 228 valence electrons. The zero-order valence-corrected chi connectivity index (χ0v) is 24.4. The van der Waals surface area contributed by atoms with Gasteiger partial charge in [-0.1, -0.05) is 31.7 Å². The van der Waals surface area contributed by atoms with Crippen molar-refractivity contribution < 1.29 is 33.1 Å². The zero-order valence-electron chi connectivity index (χ0n) is 24.4. The van der Waals surface area contributed by atoms with E-state index in [9.17, 15) is 19.2 Å². The molecular formula is C31H42N4O7. The first-order chi connectivity index (χ1) is 20.2. The van der Waals surface area contributed by atoms with Gasteiger partial charge in [0.1, 0.15) is 23.3 Å². The van der Waals surface area contributed by atoms with E-state index in [1.807, 2.05) is 24.3 Å². The van der Waals surface area contributed by atoms with Crippen LogP contribution in [-0.2, 0) is 35.1 Å². The van der Waals surface area contributed by atoms with Gasteiger partial charge in [-0.15, -0.1) is 0 Å². The number of hydrogen-bond donors (Lipinski definition) is 4. The number of amides is 3. The maximum atomic E-state index is 13.8. The van der Waals surface area contributed by atoms with Crippen molar-refractivity contribution in [2.24, 2.45) is 5.92 Å². The number of rotatable bonds is 13. The summed E-state index contributed by atoms with van der Waals surface area (Å²) < 4.78 is 16.5. The van der Waals surface area contributed by atoms with E-state index in [1.54, 1.807) is 20.1 Å². The van der Waals surface area contributed by atoms with Crippen LogP contribution in [0.4, 0.5) is 0 Å². The minimum absolute atomic E-state index is 0.130. The molecule has 3 amide bonds. The number of hydrogen-bond acceptors (Lipinski definition) is 8. The molecule has 1 unspecified atom stereocenters. The number of carbonyl (C=O) groups is 4. The Balaban J connectivity index is 1.28. The lowest BCUT2D eigenvalue weighted by Crippen LogP contribution is -2.57. The Hall–Kier alpha value is -3.28. The lowest BCUT2D eigenvalue weighted by molar-refractivity contribution is -0.134. The number of fused-ring (bicyclic) bond motifs is 1. The van der Waals surface area contributed by atoms with Gasteiger partial charge in [0, 0.05) is 24.9 Å². The van der Waals surface area contributed by atoms with Gasteiger partial charge >= 0.3 is 0 Å². The van der Waals surface area contributed by atoms with Crippen molar-refractivity contribution in [3.05, 3.63) is 36.1 Å². The van der Waals surface area contributed by atoms with E-state index < -0.39 is 35.5 Å². The molecule has 0 radical (unpaired) electrons. The molecule has 2 aliphatic heterocycles. The van der Waals surface area contributed by atoms with Crippen molar-refractivity contribution >= 4 is 34.5 Å². The van der Waals surface area contributed by atoms with Crippen LogP contribution in [0, 0.1) is 5.92 Å². The van der Waals surface area contributed by atoms with Crippen LogP contribution in [0.25, 0.3) is 11.0 Å². The quantitative estimate of drug-likeness (QED) is 0.261. The Morgan fingerprint density at radius 2 is 1.81 bits per heavy atom. The van der Waals surface area contributed by atoms with E-state index in [-0.39, 0.29) is 30.6 Å². The molecule has 2 aromatic rings. The van der Waals surface area contributed by atoms with Gasteiger partial charge in [0.15, 0.2) is 5.78 Å². The molecule has 1 aromatic heterocycles. The highest BCUT2D eigenvalue weighted by molar-refractivity contribution is 5.98. The van der Waals surface area contributed by atoms with E-state index in [4.69, 9.17) is 13.9 Å². The number of nitrogens with one attached hydrogen (secondary N) is 4. The third-order valence-electron chi connectivity index (χ3n) is 8.55. The third-order valence-corrected chi connectivity index (χ3v) is 8.55. The monoisotopic (exact) mass is 582 g/mol. The molecular weight excluding hydrogens is 540 g/mol. The summed E-state index contributed by atoms with van der Waals surface area (Å²) in [5.74, 6) is -1.02. The lowest BCUT2D eigenvalue weighted by atomic mass is 9.90.